The number of hydrogen-bond donors (Lipinski definition) is 1. The van der Waals surface area contributed by atoms with E-state index in [4.69, 9.17) is 10.2 Å². The number of nitrogens with zero attached hydrogens (tertiary/aromatic N) is 3. The van der Waals surface area contributed by atoms with Gasteiger partial charge in [0, 0.05) is 19.6 Å². The van der Waals surface area contributed by atoms with Crippen molar-refractivity contribution in [2.75, 3.05) is 20.1 Å². The fraction of sp³-hybridized carbons (Fsp3) is 0.476. The van der Waals surface area contributed by atoms with Gasteiger partial charge in [0.15, 0.2) is 5.96 Å². The number of benzene rings is 1. The zero-order chi connectivity index (χ0) is 18.4. The summed E-state index contributed by atoms with van der Waals surface area (Å²) in [6, 6.07) is 12.4. The van der Waals surface area contributed by atoms with Crippen LogP contribution in [0.25, 0.3) is 0 Å². The summed E-state index contributed by atoms with van der Waals surface area (Å²) in [4.78, 5) is 9.15. The minimum absolute atomic E-state index is 0.626. The zero-order valence-corrected chi connectivity index (χ0v) is 15.9. The van der Waals surface area contributed by atoms with Gasteiger partial charge in [-0.1, -0.05) is 31.2 Å². The van der Waals surface area contributed by atoms with E-state index in [1.807, 2.05) is 12.1 Å². The van der Waals surface area contributed by atoms with Gasteiger partial charge in [0.05, 0.1) is 19.4 Å². The summed E-state index contributed by atoms with van der Waals surface area (Å²) < 4.78 is 5.44. The third-order valence-electron chi connectivity index (χ3n) is 4.96. The van der Waals surface area contributed by atoms with Gasteiger partial charge in [-0.25, -0.2) is 4.99 Å². The first-order valence-corrected chi connectivity index (χ1v) is 9.44. The molecule has 2 heterocycles. The van der Waals surface area contributed by atoms with Crippen LogP contribution < -0.4 is 5.73 Å². The number of nitrogens with two attached hydrogens (primary N) is 1. The number of likely N-dealkylation sites (tertiary alicyclic amines) is 1. The molecule has 0 saturated carbocycles. The molecule has 0 spiro atoms. The van der Waals surface area contributed by atoms with Crippen molar-refractivity contribution in [2.24, 2.45) is 16.6 Å². The SMILES string of the molecule is CC1CCCN(C(N)=NCc2ccccc2CN(C)Cc2ccco2)C1. The molecule has 2 aromatic rings. The highest BCUT2D eigenvalue weighted by Crippen LogP contribution is 2.17. The lowest BCUT2D eigenvalue weighted by atomic mass is 10.0. The molecule has 1 atom stereocenters. The molecular formula is C21H30N4O. The predicted octanol–water partition coefficient (Wildman–Crippen LogP) is 3.46. The summed E-state index contributed by atoms with van der Waals surface area (Å²) >= 11 is 0. The van der Waals surface area contributed by atoms with Crippen molar-refractivity contribution >= 4 is 5.96 Å². The van der Waals surface area contributed by atoms with E-state index in [0.717, 1.165) is 31.9 Å². The fourth-order valence-corrected chi connectivity index (χ4v) is 3.54. The summed E-state index contributed by atoms with van der Waals surface area (Å²) in [6.45, 7) is 6.59. The Labute approximate surface area is 156 Å². The number of piperidine rings is 1. The van der Waals surface area contributed by atoms with E-state index in [1.54, 1.807) is 6.26 Å². The molecule has 0 bridgehead atoms. The zero-order valence-electron chi connectivity index (χ0n) is 15.9. The molecule has 1 aromatic heterocycles. The maximum Gasteiger partial charge on any atom is 0.191 e. The number of hydrogen-bond acceptors (Lipinski definition) is 3. The molecular weight excluding hydrogens is 324 g/mol. The largest absolute Gasteiger partial charge is 0.468 e. The molecule has 2 N–H and O–H groups in total. The van der Waals surface area contributed by atoms with E-state index in [1.165, 1.54) is 24.0 Å². The van der Waals surface area contributed by atoms with Crippen molar-refractivity contribution in [2.45, 2.75) is 39.4 Å². The van der Waals surface area contributed by atoms with Gasteiger partial charge in [-0.3, -0.25) is 4.90 Å². The summed E-state index contributed by atoms with van der Waals surface area (Å²) in [5.74, 6) is 2.35. The van der Waals surface area contributed by atoms with Crippen molar-refractivity contribution in [3.63, 3.8) is 0 Å². The molecule has 1 aliphatic rings. The van der Waals surface area contributed by atoms with Crippen LogP contribution in [-0.4, -0.2) is 35.9 Å². The first-order valence-electron chi connectivity index (χ1n) is 9.44. The Morgan fingerprint density at radius 2 is 2.04 bits per heavy atom. The van der Waals surface area contributed by atoms with Crippen molar-refractivity contribution in [3.8, 4) is 0 Å². The van der Waals surface area contributed by atoms with E-state index in [9.17, 15) is 0 Å². The molecule has 0 aliphatic carbocycles. The molecule has 1 aromatic carbocycles. The molecule has 1 saturated heterocycles. The van der Waals surface area contributed by atoms with Gasteiger partial charge in [0.25, 0.3) is 0 Å². The maximum absolute atomic E-state index is 6.25. The van der Waals surface area contributed by atoms with Crippen LogP contribution in [0.4, 0.5) is 0 Å². The van der Waals surface area contributed by atoms with Gasteiger partial charge in [-0.15, -0.1) is 0 Å². The smallest absolute Gasteiger partial charge is 0.191 e. The second kappa shape index (κ2) is 8.90. The number of aliphatic imine (C=N–C) groups is 1. The lowest BCUT2D eigenvalue weighted by molar-refractivity contribution is 0.270. The average Bonchev–Trinajstić information content (AvgIpc) is 3.13. The fourth-order valence-electron chi connectivity index (χ4n) is 3.54. The molecule has 0 amide bonds. The lowest BCUT2D eigenvalue weighted by Crippen LogP contribution is -2.43. The van der Waals surface area contributed by atoms with E-state index in [0.29, 0.717) is 18.4 Å². The normalized spacial score (nSPS) is 18.5. The van der Waals surface area contributed by atoms with Crippen molar-refractivity contribution in [3.05, 3.63) is 59.5 Å². The molecule has 1 unspecified atom stereocenters. The highest BCUT2D eigenvalue weighted by Gasteiger charge is 2.17. The van der Waals surface area contributed by atoms with Crippen LogP contribution >= 0.6 is 0 Å². The molecule has 1 fully saturated rings. The Morgan fingerprint density at radius 1 is 1.23 bits per heavy atom. The average molecular weight is 354 g/mol. The van der Waals surface area contributed by atoms with Crippen LogP contribution in [0.3, 0.4) is 0 Å². The molecule has 5 heteroatoms. The molecule has 1 aliphatic heterocycles. The minimum Gasteiger partial charge on any atom is -0.468 e. The Balaban J connectivity index is 1.62. The lowest BCUT2D eigenvalue weighted by Gasteiger charge is -2.31. The second-order valence-electron chi connectivity index (χ2n) is 7.39. The number of guanidine groups is 1. The van der Waals surface area contributed by atoms with Crippen LogP contribution in [0.2, 0.25) is 0 Å². The van der Waals surface area contributed by atoms with E-state index >= 15 is 0 Å². The quantitative estimate of drug-likeness (QED) is 0.637. The Bertz CT molecular complexity index is 711. The van der Waals surface area contributed by atoms with E-state index in [2.05, 4.69) is 53.0 Å². The van der Waals surface area contributed by atoms with Crippen LogP contribution in [0, 0.1) is 5.92 Å². The molecule has 26 heavy (non-hydrogen) atoms. The summed E-state index contributed by atoms with van der Waals surface area (Å²) in [5.41, 5.74) is 8.76. The monoisotopic (exact) mass is 354 g/mol. The van der Waals surface area contributed by atoms with Crippen LogP contribution in [-0.2, 0) is 19.6 Å². The summed E-state index contributed by atoms with van der Waals surface area (Å²) in [5, 5.41) is 0. The Hall–Kier alpha value is -2.27. The van der Waals surface area contributed by atoms with Gasteiger partial charge in [0.1, 0.15) is 5.76 Å². The second-order valence-corrected chi connectivity index (χ2v) is 7.39. The Kier molecular flexibility index (Phi) is 6.34. The van der Waals surface area contributed by atoms with Crippen molar-refractivity contribution in [1.29, 1.82) is 0 Å². The third kappa shape index (κ3) is 5.11. The molecule has 0 radical (unpaired) electrons. The van der Waals surface area contributed by atoms with Gasteiger partial charge in [0.2, 0.25) is 0 Å². The molecule has 140 valence electrons. The molecule has 5 nitrogen and oxygen atoms in total. The van der Waals surface area contributed by atoms with Crippen molar-refractivity contribution in [1.82, 2.24) is 9.80 Å². The van der Waals surface area contributed by atoms with Crippen molar-refractivity contribution < 1.29 is 4.42 Å². The highest BCUT2D eigenvalue weighted by atomic mass is 16.3. The van der Waals surface area contributed by atoms with Crippen LogP contribution in [0.15, 0.2) is 52.1 Å². The predicted molar refractivity (Wildman–Crippen MR) is 106 cm³/mol. The first kappa shape index (κ1) is 18.5. The van der Waals surface area contributed by atoms with Gasteiger partial charge < -0.3 is 15.1 Å². The first-order chi connectivity index (χ1) is 12.6. The number of rotatable bonds is 6. The minimum atomic E-state index is 0.626. The van der Waals surface area contributed by atoms with Crippen LogP contribution in [0.1, 0.15) is 36.7 Å². The van der Waals surface area contributed by atoms with Gasteiger partial charge in [-0.2, -0.15) is 0 Å². The third-order valence-corrected chi connectivity index (χ3v) is 4.96. The summed E-state index contributed by atoms with van der Waals surface area (Å²) in [6.07, 6.45) is 4.20. The highest BCUT2D eigenvalue weighted by molar-refractivity contribution is 5.78. The summed E-state index contributed by atoms with van der Waals surface area (Å²) in [7, 11) is 2.10. The van der Waals surface area contributed by atoms with E-state index in [-0.39, 0.29) is 0 Å². The van der Waals surface area contributed by atoms with Gasteiger partial charge in [-0.05, 0) is 49.1 Å². The Morgan fingerprint density at radius 3 is 2.77 bits per heavy atom. The topological polar surface area (TPSA) is 58.0 Å². The maximum atomic E-state index is 6.25. The standard InChI is InChI=1S/C21H30N4O/c1-17-7-5-11-25(14-17)21(22)23-13-18-8-3-4-9-19(18)15-24(2)16-20-10-6-12-26-20/h3-4,6,8-10,12,17H,5,7,11,13-16H2,1-2H3,(H2,22,23). The van der Waals surface area contributed by atoms with Crippen LogP contribution in [0.5, 0.6) is 0 Å². The molecule has 3 rings (SSSR count). The van der Waals surface area contributed by atoms with E-state index < -0.39 is 0 Å². The number of furan rings is 1. The van der Waals surface area contributed by atoms with Gasteiger partial charge >= 0.3 is 0 Å².